The van der Waals surface area contributed by atoms with Crippen LogP contribution in [0.25, 0.3) is 0 Å². The second-order valence-corrected chi connectivity index (χ2v) is 6.53. The molecule has 0 aliphatic heterocycles. The number of hydrogen-bond acceptors (Lipinski definition) is 2. The summed E-state index contributed by atoms with van der Waals surface area (Å²) in [4.78, 5) is 8.20. The first-order valence-corrected chi connectivity index (χ1v) is 9.08. The first kappa shape index (κ1) is 23.7. The Morgan fingerprint density at radius 1 is 1.00 bits per heavy atom. The summed E-state index contributed by atoms with van der Waals surface area (Å²) in [6.07, 6.45) is 1.11. The van der Waals surface area contributed by atoms with Crippen LogP contribution in [-0.2, 0) is 25.8 Å². The molecule has 0 aliphatic carbocycles. The lowest BCUT2D eigenvalue weighted by Gasteiger charge is -2.13. The van der Waals surface area contributed by atoms with Crippen molar-refractivity contribution in [2.24, 2.45) is 4.99 Å². The molecule has 2 aromatic carbocycles. The largest absolute Gasteiger partial charge is 0.416 e. The Morgan fingerprint density at radius 2 is 1.67 bits per heavy atom. The lowest BCUT2D eigenvalue weighted by atomic mass is 10.1. The summed E-state index contributed by atoms with van der Waals surface area (Å²) in [5.74, 6) is 0.574. The van der Waals surface area contributed by atoms with Crippen LogP contribution in [0.15, 0.2) is 72.2 Å². The highest BCUT2D eigenvalue weighted by atomic mass is 127. The quantitative estimate of drug-likeness (QED) is 0.282. The standard InChI is InChI=1S/C21H22F3N5.HI/c1-25-20(27-12-16-5-7-19(8-6-16)21(22,23)24)28-13-17-3-2-4-18(11-17)14-29-10-9-26-15-29;/h2-11,15H,12-14H2,1H3,(H2,25,27,28);1H. The van der Waals surface area contributed by atoms with Gasteiger partial charge in [0.15, 0.2) is 5.96 Å². The molecule has 0 saturated carbocycles. The number of aliphatic imine (C=N–C) groups is 1. The predicted molar refractivity (Wildman–Crippen MR) is 122 cm³/mol. The van der Waals surface area contributed by atoms with Crippen molar-refractivity contribution in [1.29, 1.82) is 0 Å². The van der Waals surface area contributed by atoms with E-state index in [1.807, 2.05) is 22.9 Å². The number of imidazole rings is 1. The van der Waals surface area contributed by atoms with Gasteiger partial charge in [0.05, 0.1) is 11.9 Å². The van der Waals surface area contributed by atoms with E-state index in [2.05, 4.69) is 32.7 Å². The van der Waals surface area contributed by atoms with E-state index in [0.29, 0.717) is 19.0 Å². The Hall–Kier alpha value is -2.56. The SMILES string of the molecule is CN=C(NCc1ccc(C(F)(F)F)cc1)NCc1cccc(Cn2ccnc2)c1.I. The molecule has 3 rings (SSSR count). The number of rotatable bonds is 6. The Bertz CT molecular complexity index is 938. The molecule has 0 atom stereocenters. The number of aromatic nitrogens is 2. The van der Waals surface area contributed by atoms with Crippen molar-refractivity contribution in [3.63, 3.8) is 0 Å². The molecule has 0 bridgehead atoms. The van der Waals surface area contributed by atoms with Gasteiger partial charge in [-0.15, -0.1) is 24.0 Å². The first-order valence-electron chi connectivity index (χ1n) is 9.08. The van der Waals surface area contributed by atoms with E-state index in [0.717, 1.165) is 35.4 Å². The molecule has 0 saturated heterocycles. The van der Waals surface area contributed by atoms with Crippen LogP contribution in [0, 0.1) is 0 Å². The minimum Gasteiger partial charge on any atom is -0.352 e. The van der Waals surface area contributed by atoms with E-state index in [-0.39, 0.29) is 24.0 Å². The molecule has 1 aromatic heterocycles. The summed E-state index contributed by atoms with van der Waals surface area (Å²) in [6, 6.07) is 13.3. The van der Waals surface area contributed by atoms with Crippen molar-refractivity contribution in [2.75, 3.05) is 7.05 Å². The van der Waals surface area contributed by atoms with E-state index in [1.165, 1.54) is 12.1 Å². The van der Waals surface area contributed by atoms with Crippen molar-refractivity contribution >= 4 is 29.9 Å². The number of alkyl halides is 3. The van der Waals surface area contributed by atoms with Gasteiger partial charge in [-0.3, -0.25) is 4.99 Å². The molecule has 30 heavy (non-hydrogen) atoms. The summed E-state index contributed by atoms with van der Waals surface area (Å²) in [5, 5.41) is 6.33. The molecule has 0 spiro atoms. The van der Waals surface area contributed by atoms with Crippen molar-refractivity contribution in [3.05, 3.63) is 89.5 Å². The number of hydrogen-bond donors (Lipinski definition) is 2. The van der Waals surface area contributed by atoms with Crippen LogP contribution in [0.1, 0.15) is 22.3 Å². The highest BCUT2D eigenvalue weighted by Gasteiger charge is 2.29. The van der Waals surface area contributed by atoms with Crippen LogP contribution in [0.5, 0.6) is 0 Å². The zero-order chi connectivity index (χ0) is 20.7. The van der Waals surface area contributed by atoms with Crippen LogP contribution in [0.2, 0.25) is 0 Å². The van der Waals surface area contributed by atoms with Gasteiger partial charge in [-0.2, -0.15) is 13.2 Å². The molecule has 0 fully saturated rings. The summed E-state index contributed by atoms with van der Waals surface area (Å²) in [7, 11) is 1.65. The maximum absolute atomic E-state index is 12.6. The van der Waals surface area contributed by atoms with Crippen molar-refractivity contribution in [3.8, 4) is 0 Å². The Balaban J connectivity index is 0.00000320. The van der Waals surface area contributed by atoms with Crippen LogP contribution >= 0.6 is 24.0 Å². The van der Waals surface area contributed by atoms with Gasteiger partial charge >= 0.3 is 6.18 Å². The van der Waals surface area contributed by atoms with E-state index in [1.54, 1.807) is 19.6 Å². The number of nitrogens with zero attached hydrogens (tertiary/aromatic N) is 3. The highest BCUT2D eigenvalue weighted by Crippen LogP contribution is 2.29. The van der Waals surface area contributed by atoms with Gasteiger partial charge < -0.3 is 15.2 Å². The fourth-order valence-corrected chi connectivity index (χ4v) is 2.83. The minimum absolute atomic E-state index is 0. The Kier molecular flexibility index (Phi) is 8.70. The molecule has 9 heteroatoms. The van der Waals surface area contributed by atoms with Crippen molar-refractivity contribution < 1.29 is 13.2 Å². The number of guanidine groups is 1. The minimum atomic E-state index is -4.32. The molecular formula is C21H23F3IN5. The van der Waals surface area contributed by atoms with Crippen LogP contribution in [0.3, 0.4) is 0 Å². The van der Waals surface area contributed by atoms with E-state index in [4.69, 9.17) is 0 Å². The zero-order valence-corrected chi connectivity index (χ0v) is 18.7. The van der Waals surface area contributed by atoms with Crippen molar-refractivity contribution in [1.82, 2.24) is 20.2 Å². The van der Waals surface area contributed by atoms with Crippen LogP contribution in [-0.4, -0.2) is 22.6 Å². The van der Waals surface area contributed by atoms with Gasteiger partial charge in [0.25, 0.3) is 0 Å². The molecule has 5 nitrogen and oxygen atoms in total. The second kappa shape index (κ2) is 11.0. The van der Waals surface area contributed by atoms with Gasteiger partial charge in [-0.1, -0.05) is 36.4 Å². The molecule has 1 heterocycles. The van der Waals surface area contributed by atoms with E-state index < -0.39 is 11.7 Å². The van der Waals surface area contributed by atoms with Gasteiger partial charge in [0.1, 0.15) is 0 Å². The van der Waals surface area contributed by atoms with Gasteiger partial charge in [0.2, 0.25) is 0 Å². The fraction of sp³-hybridized carbons (Fsp3) is 0.238. The van der Waals surface area contributed by atoms with Gasteiger partial charge in [0, 0.05) is 39.1 Å². The highest BCUT2D eigenvalue weighted by molar-refractivity contribution is 14.0. The summed E-state index contributed by atoms with van der Waals surface area (Å²) >= 11 is 0. The summed E-state index contributed by atoms with van der Waals surface area (Å²) in [6.45, 7) is 1.69. The molecule has 0 radical (unpaired) electrons. The van der Waals surface area contributed by atoms with Crippen LogP contribution < -0.4 is 10.6 Å². The predicted octanol–water partition coefficient (Wildman–Crippen LogP) is 4.43. The summed E-state index contributed by atoms with van der Waals surface area (Å²) in [5.41, 5.74) is 2.35. The molecule has 2 N–H and O–H groups in total. The molecule has 3 aromatic rings. The number of halogens is 4. The van der Waals surface area contributed by atoms with E-state index in [9.17, 15) is 13.2 Å². The fourth-order valence-electron chi connectivity index (χ4n) is 2.83. The Labute approximate surface area is 190 Å². The maximum atomic E-state index is 12.6. The molecule has 0 aliphatic rings. The maximum Gasteiger partial charge on any atom is 0.416 e. The second-order valence-electron chi connectivity index (χ2n) is 6.53. The van der Waals surface area contributed by atoms with Crippen molar-refractivity contribution in [2.45, 2.75) is 25.8 Å². The molecule has 0 unspecified atom stereocenters. The van der Waals surface area contributed by atoms with Crippen LogP contribution in [0.4, 0.5) is 13.2 Å². The monoisotopic (exact) mass is 529 g/mol. The number of nitrogens with one attached hydrogen (secondary N) is 2. The third-order valence-electron chi connectivity index (χ3n) is 4.34. The first-order chi connectivity index (χ1) is 13.9. The smallest absolute Gasteiger partial charge is 0.352 e. The lowest BCUT2D eigenvalue weighted by Crippen LogP contribution is -2.36. The molecule has 0 amide bonds. The van der Waals surface area contributed by atoms with E-state index >= 15 is 0 Å². The Morgan fingerprint density at radius 3 is 2.27 bits per heavy atom. The zero-order valence-electron chi connectivity index (χ0n) is 16.4. The van der Waals surface area contributed by atoms with Gasteiger partial charge in [-0.05, 0) is 28.8 Å². The molecular weight excluding hydrogens is 506 g/mol. The third-order valence-corrected chi connectivity index (χ3v) is 4.34. The normalized spacial score (nSPS) is 11.7. The summed E-state index contributed by atoms with van der Waals surface area (Å²) < 4.78 is 39.9. The lowest BCUT2D eigenvalue weighted by molar-refractivity contribution is -0.137. The average Bonchev–Trinajstić information content (AvgIpc) is 3.21. The van der Waals surface area contributed by atoms with Gasteiger partial charge in [-0.25, -0.2) is 4.98 Å². The third kappa shape index (κ3) is 7.05. The topological polar surface area (TPSA) is 54.2 Å². The number of benzene rings is 2. The average molecular weight is 529 g/mol. The molecule has 160 valence electrons.